The number of aliphatic hydroxyl groups excluding tert-OH is 1. The molecule has 1 nitrogen and oxygen atoms in total. The minimum Gasteiger partial charge on any atom is -0.396 e. The van der Waals surface area contributed by atoms with Crippen molar-refractivity contribution in [3.63, 3.8) is 0 Å². The third kappa shape index (κ3) is 6.09. The van der Waals surface area contributed by atoms with Crippen LogP contribution in [0.1, 0.15) is 39.2 Å². The zero-order chi connectivity index (χ0) is 12.9. The maximum absolute atomic E-state index is 9.41. The van der Waals surface area contributed by atoms with Gasteiger partial charge in [-0.05, 0) is 48.3 Å². The fourth-order valence-electron chi connectivity index (χ4n) is 1.85. The quantitative estimate of drug-likeness (QED) is 0.830. The molecular formula is C15H23ClO. The van der Waals surface area contributed by atoms with Gasteiger partial charge in [-0.2, -0.15) is 0 Å². The van der Waals surface area contributed by atoms with E-state index < -0.39 is 0 Å². The number of halogens is 1. The monoisotopic (exact) mass is 254 g/mol. The highest BCUT2D eigenvalue weighted by atomic mass is 35.5. The van der Waals surface area contributed by atoms with Crippen LogP contribution in [-0.2, 0) is 6.42 Å². The molecule has 0 radical (unpaired) electrons. The van der Waals surface area contributed by atoms with Gasteiger partial charge in [0.05, 0.1) is 0 Å². The Kier molecular flexibility index (Phi) is 5.48. The summed E-state index contributed by atoms with van der Waals surface area (Å²) < 4.78 is 0. The molecule has 1 N–H and O–H groups in total. The van der Waals surface area contributed by atoms with Crippen LogP contribution in [0.4, 0.5) is 0 Å². The summed E-state index contributed by atoms with van der Waals surface area (Å²) in [7, 11) is 0. The van der Waals surface area contributed by atoms with Crippen LogP contribution in [0.25, 0.3) is 0 Å². The van der Waals surface area contributed by atoms with Crippen molar-refractivity contribution >= 4 is 11.6 Å². The summed E-state index contributed by atoms with van der Waals surface area (Å²) in [6.07, 6.45) is 3.15. The van der Waals surface area contributed by atoms with Crippen LogP contribution >= 0.6 is 11.6 Å². The molecular weight excluding hydrogens is 232 g/mol. The Morgan fingerprint density at radius 3 is 2.24 bits per heavy atom. The Morgan fingerprint density at radius 2 is 1.76 bits per heavy atom. The molecule has 0 aliphatic heterocycles. The van der Waals surface area contributed by atoms with Crippen molar-refractivity contribution in [2.45, 2.75) is 40.0 Å². The highest BCUT2D eigenvalue weighted by Gasteiger charge is 2.15. The molecule has 0 aromatic heterocycles. The summed E-state index contributed by atoms with van der Waals surface area (Å²) in [5.74, 6) is 0.357. The van der Waals surface area contributed by atoms with Gasteiger partial charge in [0, 0.05) is 11.6 Å². The topological polar surface area (TPSA) is 20.2 Å². The Bertz CT molecular complexity index is 324. The summed E-state index contributed by atoms with van der Waals surface area (Å²) in [6.45, 7) is 6.98. The van der Waals surface area contributed by atoms with Gasteiger partial charge in [0.1, 0.15) is 0 Å². The molecule has 1 atom stereocenters. The molecule has 17 heavy (non-hydrogen) atoms. The highest BCUT2D eigenvalue weighted by Crippen LogP contribution is 2.25. The van der Waals surface area contributed by atoms with Gasteiger partial charge >= 0.3 is 0 Å². The van der Waals surface area contributed by atoms with Crippen LogP contribution in [0, 0.1) is 11.3 Å². The fraction of sp³-hybridized carbons (Fsp3) is 0.600. The van der Waals surface area contributed by atoms with Crippen molar-refractivity contribution in [3.8, 4) is 0 Å². The molecule has 0 saturated carbocycles. The molecule has 0 aliphatic carbocycles. The van der Waals surface area contributed by atoms with Crippen LogP contribution in [0.5, 0.6) is 0 Å². The Labute approximate surface area is 110 Å². The largest absolute Gasteiger partial charge is 0.396 e. The van der Waals surface area contributed by atoms with Gasteiger partial charge in [-0.3, -0.25) is 0 Å². The first-order valence-electron chi connectivity index (χ1n) is 6.26. The first kappa shape index (κ1) is 14.5. The molecule has 0 saturated heterocycles. The maximum Gasteiger partial charge on any atom is 0.0462 e. The van der Waals surface area contributed by atoms with Crippen LogP contribution in [0.2, 0.25) is 5.02 Å². The first-order chi connectivity index (χ1) is 7.90. The van der Waals surface area contributed by atoms with Gasteiger partial charge in [0.15, 0.2) is 0 Å². The predicted molar refractivity (Wildman–Crippen MR) is 74.4 cm³/mol. The molecule has 0 aliphatic rings. The summed E-state index contributed by atoms with van der Waals surface area (Å²) in [5, 5.41) is 10.2. The van der Waals surface area contributed by atoms with E-state index in [1.807, 2.05) is 24.3 Å². The van der Waals surface area contributed by atoms with Crippen LogP contribution in [-0.4, -0.2) is 11.7 Å². The van der Waals surface area contributed by atoms with E-state index in [1.54, 1.807) is 0 Å². The maximum atomic E-state index is 9.41. The Balaban J connectivity index is 2.49. The molecule has 1 rings (SSSR count). The van der Waals surface area contributed by atoms with E-state index in [0.717, 1.165) is 24.3 Å². The van der Waals surface area contributed by atoms with Gasteiger partial charge in [-0.15, -0.1) is 0 Å². The van der Waals surface area contributed by atoms with Crippen LogP contribution < -0.4 is 0 Å². The summed E-state index contributed by atoms with van der Waals surface area (Å²) in [6, 6.07) is 7.91. The van der Waals surface area contributed by atoms with E-state index in [1.165, 1.54) is 5.56 Å². The highest BCUT2D eigenvalue weighted by molar-refractivity contribution is 6.30. The zero-order valence-electron chi connectivity index (χ0n) is 11.0. The average molecular weight is 255 g/mol. The van der Waals surface area contributed by atoms with E-state index in [-0.39, 0.29) is 6.61 Å². The van der Waals surface area contributed by atoms with E-state index in [4.69, 9.17) is 11.6 Å². The van der Waals surface area contributed by atoms with Crippen molar-refractivity contribution in [2.75, 3.05) is 6.61 Å². The van der Waals surface area contributed by atoms with E-state index in [9.17, 15) is 5.11 Å². The number of hydrogen-bond donors (Lipinski definition) is 1. The lowest BCUT2D eigenvalue weighted by molar-refractivity contribution is 0.200. The molecule has 0 bridgehead atoms. The number of rotatable bonds is 5. The Hall–Kier alpha value is -0.530. The summed E-state index contributed by atoms with van der Waals surface area (Å²) >= 11 is 5.85. The summed E-state index contributed by atoms with van der Waals surface area (Å²) in [5.41, 5.74) is 1.59. The molecule has 0 spiro atoms. The lowest BCUT2D eigenvalue weighted by Gasteiger charge is -2.22. The smallest absolute Gasteiger partial charge is 0.0462 e. The zero-order valence-corrected chi connectivity index (χ0v) is 11.8. The molecule has 1 unspecified atom stereocenters. The molecule has 0 heterocycles. The molecule has 2 heteroatoms. The lowest BCUT2D eigenvalue weighted by atomic mass is 9.85. The normalized spacial score (nSPS) is 13.7. The van der Waals surface area contributed by atoms with E-state index in [2.05, 4.69) is 20.8 Å². The van der Waals surface area contributed by atoms with Gasteiger partial charge in [-0.1, -0.05) is 44.5 Å². The standard InChI is InChI=1S/C15H23ClO/c1-15(2,3)9-8-13(11-17)10-12-4-6-14(16)7-5-12/h4-7,13,17H,8-11H2,1-3H3. The number of benzene rings is 1. The molecule has 1 aromatic rings. The first-order valence-corrected chi connectivity index (χ1v) is 6.64. The Morgan fingerprint density at radius 1 is 1.18 bits per heavy atom. The average Bonchev–Trinajstić information content (AvgIpc) is 2.25. The number of hydrogen-bond acceptors (Lipinski definition) is 1. The van der Waals surface area contributed by atoms with Gasteiger partial charge < -0.3 is 5.11 Å². The van der Waals surface area contributed by atoms with E-state index >= 15 is 0 Å². The fourth-order valence-corrected chi connectivity index (χ4v) is 1.97. The van der Waals surface area contributed by atoms with Gasteiger partial charge in [0.2, 0.25) is 0 Å². The van der Waals surface area contributed by atoms with E-state index in [0.29, 0.717) is 11.3 Å². The van der Waals surface area contributed by atoms with Gasteiger partial charge in [-0.25, -0.2) is 0 Å². The second kappa shape index (κ2) is 6.42. The summed E-state index contributed by atoms with van der Waals surface area (Å²) in [4.78, 5) is 0. The van der Waals surface area contributed by atoms with Crippen molar-refractivity contribution in [3.05, 3.63) is 34.9 Å². The molecule has 0 fully saturated rings. The molecule has 0 amide bonds. The predicted octanol–water partition coefficient (Wildman–Crippen LogP) is 4.32. The number of aliphatic hydroxyl groups is 1. The third-order valence-electron chi connectivity index (χ3n) is 3.00. The van der Waals surface area contributed by atoms with Gasteiger partial charge in [0.25, 0.3) is 0 Å². The SMILES string of the molecule is CC(C)(C)CCC(CO)Cc1ccc(Cl)cc1. The third-order valence-corrected chi connectivity index (χ3v) is 3.25. The van der Waals surface area contributed by atoms with Crippen LogP contribution in [0.15, 0.2) is 24.3 Å². The minimum atomic E-state index is 0.263. The molecule has 1 aromatic carbocycles. The van der Waals surface area contributed by atoms with Crippen molar-refractivity contribution in [1.29, 1.82) is 0 Å². The van der Waals surface area contributed by atoms with Crippen molar-refractivity contribution in [1.82, 2.24) is 0 Å². The minimum absolute atomic E-state index is 0.263. The van der Waals surface area contributed by atoms with Crippen molar-refractivity contribution < 1.29 is 5.11 Å². The second-order valence-corrected chi connectivity index (χ2v) is 6.41. The lowest BCUT2D eigenvalue weighted by Crippen LogP contribution is -2.14. The van der Waals surface area contributed by atoms with Crippen LogP contribution in [0.3, 0.4) is 0 Å². The second-order valence-electron chi connectivity index (χ2n) is 5.98. The molecule has 96 valence electrons. The van der Waals surface area contributed by atoms with Crippen molar-refractivity contribution in [2.24, 2.45) is 11.3 Å².